The Morgan fingerprint density at radius 3 is 2.55 bits per heavy atom. The van der Waals surface area contributed by atoms with Crippen molar-refractivity contribution in [2.24, 2.45) is 0 Å². The summed E-state index contributed by atoms with van der Waals surface area (Å²) in [6.07, 6.45) is 0. The molecule has 2 aromatic carbocycles. The molecule has 2 N–H and O–H groups in total. The standard InChI is InChI=1S/C14H13ClN2O3/c15-13-4-2-1-3-10(13)8-20-9-11-7-12(17(18)19)5-6-14(11)16/h1-7H,8-9,16H2. The molecule has 0 aliphatic carbocycles. The number of hydrogen-bond acceptors (Lipinski definition) is 4. The lowest BCUT2D eigenvalue weighted by atomic mass is 10.1. The number of nitrogens with two attached hydrogens (primary N) is 1. The van der Waals surface area contributed by atoms with Gasteiger partial charge in [-0.15, -0.1) is 0 Å². The van der Waals surface area contributed by atoms with Crippen molar-refractivity contribution in [3.8, 4) is 0 Å². The van der Waals surface area contributed by atoms with Crippen LogP contribution in [-0.2, 0) is 18.0 Å². The van der Waals surface area contributed by atoms with Gasteiger partial charge in [-0.05, 0) is 17.7 Å². The van der Waals surface area contributed by atoms with Crippen molar-refractivity contribution in [2.75, 3.05) is 5.73 Å². The Kier molecular flexibility index (Phi) is 4.55. The van der Waals surface area contributed by atoms with Gasteiger partial charge < -0.3 is 10.5 Å². The zero-order valence-electron chi connectivity index (χ0n) is 10.6. The lowest BCUT2D eigenvalue weighted by Crippen LogP contribution is -2.00. The summed E-state index contributed by atoms with van der Waals surface area (Å²) in [4.78, 5) is 10.2. The van der Waals surface area contributed by atoms with E-state index >= 15 is 0 Å². The Morgan fingerprint density at radius 1 is 1.15 bits per heavy atom. The van der Waals surface area contributed by atoms with Crippen molar-refractivity contribution in [2.45, 2.75) is 13.2 Å². The van der Waals surface area contributed by atoms with E-state index < -0.39 is 4.92 Å². The molecular formula is C14H13ClN2O3. The number of rotatable bonds is 5. The van der Waals surface area contributed by atoms with E-state index in [9.17, 15) is 10.1 Å². The minimum absolute atomic E-state index is 0.00413. The van der Waals surface area contributed by atoms with Crippen molar-refractivity contribution in [1.29, 1.82) is 0 Å². The normalized spacial score (nSPS) is 10.4. The fourth-order valence-electron chi connectivity index (χ4n) is 1.72. The number of nitro groups is 1. The summed E-state index contributed by atoms with van der Waals surface area (Å²) in [5, 5.41) is 11.3. The molecule has 0 heterocycles. The molecule has 2 rings (SSSR count). The fraction of sp³-hybridized carbons (Fsp3) is 0.143. The summed E-state index contributed by atoms with van der Waals surface area (Å²) >= 11 is 6.01. The molecule has 0 amide bonds. The SMILES string of the molecule is Nc1ccc([N+](=O)[O-])cc1COCc1ccccc1Cl. The largest absolute Gasteiger partial charge is 0.398 e. The Balaban J connectivity index is 2.02. The summed E-state index contributed by atoms with van der Waals surface area (Å²) < 4.78 is 5.52. The third-order valence-corrected chi connectivity index (χ3v) is 3.18. The minimum atomic E-state index is -0.461. The molecule has 0 atom stereocenters. The number of ether oxygens (including phenoxy) is 1. The minimum Gasteiger partial charge on any atom is -0.398 e. The highest BCUT2D eigenvalue weighted by atomic mass is 35.5. The van der Waals surface area contributed by atoms with Gasteiger partial charge in [-0.25, -0.2) is 0 Å². The first kappa shape index (κ1) is 14.3. The van der Waals surface area contributed by atoms with E-state index in [-0.39, 0.29) is 12.3 Å². The summed E-state index contributed by atoms with van der Waals surface area (Å²) in [5.41, 5.74) is 7.68. The molecule has 0 aliphatic rings. The topological polar surface area (TPSA) is 78.4 Å². The molecule has 104 valence electrons. The first-order valence-corrected chi connectivity index (χ1v) is 6.29. The van der Waals surface area contributed by atoms with E-state index in [0.717, 1.165) is 5.56 Å². The van der Waals surface area contributed by atoms with Gasteiger partial charge in [-0.1, -0.05) is 29.8 Å². The zero-order chi connectivity index (χ0) is 14.5. The van der Waals surface area contributed by atoms with Crippen LogP contribution >= 0.6 is 11.6 Å². The van der Waals surface area contributed by atoms with Gasteiger partial charge in [0.15, 0.2) is 0 Å². The van der Waals surface area contributed by atoms with Crippen LogP contribution in [0.2, 0.25) is 5.02 Å². The molecule has 0 unspecified atom stereocenters. The lowest BCUT2D eigenvalue weighted by molar-refractivity contribution is -0.384. The maximum atomic E-state index is 10.7. The second-order valence-electron chi connectivity index (χ2n) is 4.22. The third-order valence-electron chi connectivity index (χ3n) is 2.81. The zero-order valence-corrected chi connectivity index (χ0v) is 11.3. The molecule has 5 nitrogen and oxygen atoms in total. The van der Waals surface area contributed by atoms with Crippen LogP contribution in [0.1, 0.15) is 11.1 Å². The van der Waals surface area contributed by atoms with Crippen molar-refractivity contribution < 1.29 is 9.66 Å². The maximum absolute atomic E-state index is 10.7. The number of nitro benzene ring substituents is 1. The number of nitrogens with zero attached hydrogens (tertiary/aromatic N) is 1. The summed E-state index contributed by atoms with van der Waals surface area (Å²) in [7, 11) is 0. The number of benzene rings is 2. The van der Waals surface area contributed by atoms with Crippen LogP contribution in [-0.4, -0.2) is 4.92 Å². The highest BCUT2D eigenvalue weighted by Gasteiger charge is 2.09. The average molecular weight is 293 g/mol. The number of hydrogen-bond donors (Lipinski definition) is 1. The van der Waals surface area contributed by atoms with Crippen LogP contribution in [0.4, 0.5) is 11.4 Å². The van der Waals surface area contributed by atoms with Crippen LogP contribution in [0.15, 0.2) is 42.5 Å². The monoisotopic (exact) mass is 292 g/mol. The van der Waals surface area contributed by atoms with E-state index in [1.54, 1.807) is 6.07 Å². The molecule has 0 radical (unpaired) electrons. The second-order valence-corrected chi connectivity index (χ2v) is 4.63. The Bertz CT molecular complexity index is 632. The summed E-state index contributed by atoms with van der Waals surface area (Å²) in [5.74, 6) is 0. The Hall–Kier alpha value is -2.11. The second kappa shape index (κ2) is 6.36. The van der Waals surface area contributed by atoms with Crippen molar-refractivity contribution in [3.05, 3.63) is 68.7 Å². The van der Waals surface area contributed by atoms with Gasteiger partial charge in [0.2, 0.25) is 0 Å². The van der Waals surface area contributed by atoms with Crippen LogP contribution < -0.4 is 5.73 Å². The van der Waals surface area contributed by atoms with E-state index in [4.69, 9.17) is 22.1 Å². The average Bonchev–Trinajstić information content (AvgIpc) is 2.42. The molecule has 0 spiro atoms. The van der Waals surface area contributed by atoms with Gasteiger partial charge in [0.25, 0.3) is 5.69 Å². The maximum Gasteiger partial charge on any atom is 0.269 e. The first-order valence-electron chi connectivity index (χ1n) is 5.92. The van der Waals surface area contributed by atoms with Gasteiger partial charge >= 0.3 is 0 Å². The predicted octanol–water partition coefficient (Wildman–Crippen LogP) is 3.55. The van der Waals surface area contributed by atoms with E-state index in [1.807, 2.05) is 18.2 Å². The fourth-order valence-corrected chi connectivity index (χ4v) is 1.91. The lowest BCUT2D eigenvalue weighted by Gasteiger charge is -2.08. The molecule has 0 saturated heterocycles. The van der Waals surface area contributed by atoms with Crippen LogP contribution in [0.5, 0.6) is 0 Å². The molecule has 2 aromatic rings. The molecule has 6 heteroatoms. The molecule has 20 heavy (non-hydrogen) atoms. The molecule has 0 bridgehead atoms. The highest BCUT2D eigenvalue weighted by Crippen LogP contribution is 2.21. The summed E-state index contributed by atoms with van der Waals surface area (Å²) in [6.45, 7) is 0.514. The number of non-ortho nitro benzene ring substituents is 1. The molecule has 0 fully saturated rings. The Morgan fingerprint density at radius 2 is 1.85 bits per heavy atom. The van der Waals surface area contributed by atoms with Gasteiger partial charge in [0, 0.05) is 28.4 Å². The van der Waals surface area contributed by atoms with Gasteiger partial charge in [0.05, 0.1) is 18.1 Å². The number of anilines is 1. The highest BCUT2D eigenvalue weighted by molar-refractivity contribution is 6.31. The molecule has 0 aromatic heterocycles. The molecule has 0 aliphatic heterocycles. The van der Waals surface area contributed by atoms with Gasteiger partial charge in [0.1, 0.15) is 0 Å². The molecule has 0 saturated carbocycles. The molecular weight excluding hydrogens is 280 g/mol. The van der Waals surface area contributed by atoms with Crippen molar-refractivity contribution >= 4 is 23.0 Å². The van der Waals surface area contributed by atoms with E-state index in [1.165, 1.54) is 18.2 Å². The summed E-state index contributed by atoms with van der Waals surface area (Å²) in [6, 6.07) is 11.6. The number of halogens is 1. The van der Waals surface area contributed by atoms with Crippen LogP contribution in [0.3, 0.4) is 0 Å². The predicted molar refractivity (Wildman–Crippen MR) is 77.5 cm³/mol. The van der Waals surface area contributed by atoms with Crippen LogP contribution in [0.25, 0.3) is 0 Å². The Labute approximate surface area is 121 Å². The van der Waals surface area contributed by atoms with Gasteiger partial charge in [-0.3, -0.25) is 10.1 Å². The van der Waals surface area contributed by atoms with Crippen molar-refractivity contribution in [1.82, 2.24) is 0 Å². The quantitative estimate of drug-likeness (QED) is 0.519. The van der Waals surface area contributed by atoms with Crippen molar-refractivity contribution in [3.63, 3.8) is 0 Å². The smallest absolute Gasteiger partial charge is 0.269 e. The number of nitrogen functional groups attached to an aromatic ring is 1. The van der Waals surface area contributed by atoms with Gasteiger partial charge in [-0.2, -0.15) is 0 Å². The third kappa shape index (κ3) is 3.46. The van der Waals surface area contributed by atoms with E-state index in [2.05, 4.69) is 0 Å². The van der Waals surface area contributed by atoms with Crippen LogP contribution in [0, 0.1) is 10.1 Å². The first-order chi connectivity index (χ1) is 9.58. The van der Waals surface area contributed by atoms with E-state index in [0.29, 0.717) is 22.9 Å².